The van der Waals surface area contributed by atoms with Crippen LogP contribution in [0.5, 0.6) is 0 Å². The van der Waals surface area contributed by atoms with Crippen molar-refractivity contribution in [3.05, 3.63) is 41.2 Å². The van der Waals surface area contributed by atoms with Crippen molar-refractivity contribution in [3.63, 3.8) is 0 Å². The average molecular weight is 574 g/mol. The zero-order valence-electron chi connectivity index (χ0n) is 26.6. The van der Waals surface area contributed by atoms with Crippen LogP contribution in [0.4, 0.5) is 4.39 Å². The lowest BCUT2D eigenvalue weighted by atomic mass is 9.32. The molecule has 0 bridgehead atoms. The van der Waals surface area contributed by atoms with Gasteiger partial charge in [-0.15, -0.1) is 0 Å². The molecule has 1 aromatic carbocycles. The molecule has 226 valence electrons. The fourth-order valence-electron chi connectivity index (χ4n) is 11.8. The molecule has 5 heteroatoms. The Balaban J connectivity index is 1.62. The predicted octanol–water partition coefficient (Wildman–Crippen LogP) is 8.86. The smallest absolute Gasteiger partial charge is 0.310 e. The number of aliphatic carboxylic acids is 1. The Hall–Kier alpha value is -2.48. The van der Waals surface area contributed by atoms with Gasteiger partial charge in [0.05, 0.1) is 11.5 Å². The summed E-state index contributed by atoms with van der Waals surface area (Å²) in [5, 5.41) is 21.0. The Kier molecular flexibility index (Phi) is 6.36. The highest BCUT2D eigenvalue weighted by molar-refractivity contribution is 5.90. The number of nitrogens with zero attached hydrogens (tertiary/aromatic N) is 1. The highest BCUT2D eigenvalue weighted by atomic mass is 19.1. The number of rotatable bonds is 2. The highest BCUT2D eigenvalue weighted by Gasteiger charge is 2.71. The van der Waals surface area contributed by atoms with Gasteiger partial charge in [0, 0.05) is 5.41 Å². The number of carbonyl (C=O) groups excluding carboxylic acids is 1. The number of nitriles is 1. The van der Waals surface area contributed by atoms with Gasteiger partial charge < -0.3 is 5.11 Å². The van der Waals surface area contributed by atoms with Crippen molar-refractivity contribution >= 4 is 17.3 Å². The highest BCUT2D eigenvalue weighted by Crippen LogP contribution is 2.77. The molecule has 42 heavy (non-hydrogen) atoms. The number of halogens is 1. The van der Waals surface area contributed by atoms with Crippen molar-refractivity contribution in [1.82, 2.24) is 0 Å². The molecule has 1 aromatic rings. The third-order valence-corrected chi connectivity index (χ3v) is 14.2. The summed E-state index contributed by atoms with van der Waals surface area (Å²) in [6.07, 6.45) is 7.04. The first-order chi connectivity index (χ1) is 19.5. The standard InChI is InChI=1S/C37H48FNO3/c1-32(2)13-15-37(31(41)42)16-14-36(7)29(26(37)20-32)25(22-9-8-10-24(38)17-22)18-28-34(5)19-23(21-39)30(40)33(3,4)27(34)11-12-35(28,36)6/h8-10,17,23,26-28H,11-16,18-20H2,1-7H3,(H,41,42). The first-order valence-electron chi connectivity index (χ1n) is 16.1. The van der Waals surface area contributed by atoms with Crippen LogP contribution in [0.15, 0.2) is 29.8 Å². The molecule has 0 aromatic heterocycles. The molecule has 0 amide bonds. The number of ketones is 1. The second kappa shape index (κ2) is 9.02. The Morgan fingerprint density at radius 3 is 2.31 bits per heavy atom. The van der Waals surface area contributed by atoms with Gasteiger partial charge in [-0.3, -0.25) is 9.59 Å². The topological polar surface area (TPSA) is 78.2 Å². The van der Waals surface area contributed by atoms with Crippen molar-refractivity contribution in [2.24, 2.45) is 56.2 Å². The number of carbonyl (C=O) groups is 2. The van der Waals surface area contributed by atoms with E-state index in [0.29, 0.717) is 19.3 Å². The zero-order chi connectivity index (χ0) is 30.7. The van der Waals surface area contributed by atoms with Crippen molar-refractivity contribution in [3.8, 4) is 6.07 Å². The van der Waals surface area contributed by atoms with Crippen LogP contribution in [-0.2, 0) is 9.59 Å². The molecular formula is C37H48FNO3. The molecule has 1 N–H and O–H groups in total. The molecule has 5 aliphatic rings. The van der Waals surface area contributed by atoms with Crippen molar-refractivity contribution in [1.29, 1.82) is 5.26 Å². The van der Waals surface area contributed by atoms with Gasteiger partial charge in [0.1, 0.15) is 11.7 Å². The van der Waals surface area contributed by atoms with E-state index >= 15 is 0 Å². The average Bonchev–Trinajstić information content (AvgIpc) is 2.90. The fourth-order valence-corrected chi connectivity index (χ4v) is 11.8. The molecule has 0 saturated heterocycles. The molecule has 6 rings (SSSR count). The lowest BCUT2D eigenvalue weighted by Crippen LogP contribution is -2.66. The van der Waals surface area contributed by atoms with Gasteiger partial charge in [-0.1, -0.05) is 66.2 Å². The summed E-state index contributed by atoms with van der Waals surface area (Å²) < 4.78 is 14.9. The predicted molar refractivity (Wildman–Crippen MR) is 161 cm³/mol. The van der Waals surface area contributed by atoms with E-state index in [4.69, 9.17) is 0 Å². The van der Waals surface area contributed by atoms with Crippen LogP contribution in [0, 0.1) is 73.3 Å². The summed E-state index contributed by atoms with van der Waals surface area (Å²) in [5.74, 6) is -1.25. The molecule has 4 nitrogen and oxygen atoms in total. The van der Waals surface area contributed by atoms with Gasteiger partial charge in [-0.25, -0.2) is 4.39 Å². The van der Waals surface area contributed by atoms with Crippen LogP contribution in [0.25, 0.3) is 5.57 Å². The maximum Gasteiger partial charge on any atom is 0.310 e. The number of carboxylic acid groups (broad SMARTS) is 1. The second-order valence-corrected chi connectivity index (χ2v) is 16.9. The van der Waals surface area contributed by atoms with Crippen LogP contribution >= 0.6 is 0 Å². The van der Waals surface area contributed by atoms with Gasteiger partial charge in [0.2, 0.25) is 0 Å². The quantitative estimate of drug-likeness (QED) is 0.383. The van der Waals surface area contributed by atoms with Crippen molar-refractivity contribution in [2.45, 2.75) is 106 Å². The van der Waals surface area contributed by atoms with E-state index in [1.54, 1.807) is 12.1 Å². The maximum atomic E-state index is 14.9. The van der Waals surface area contributed by atoms with Crippen LogP contribution in [-0.4, -0.2) is 16.9 Å². The molecule has 0 heterocycles. The minimum Gasteiger partial charge on any atom is -0.481 e. The van der Waals surface area contributed by atoms with E-state index in [-0.39, 0.29) is 51.0 Å². The van der Waals surface area contributed by atoms with Gasteiger partial charge in [-0.2, -0.15) is 5.26 Å². The molecule has 8 unspecified atom stereocenters. The molecular weight excluding hydrogens is 525 g/mol. The van der Waals surface area contributed by atoms with Crippen LogP contribution in [0.2, 0.25) is 0 Å². The largest absolute Gasteiger partial charge is 0.481 e. The Morgan fingerprint density at radius 2 is 1.67 bits per heavy atom. The minimum atomic E-state index is -0.793. The third kappa shape index (κ3) is 3.69. The van der Waals surface area contributed by atoms with E-state index < -0.39 is 22.7 Å². The first kappa shape index (κ1) is 29.6. The normalized spacial score (nSPS) is 43.7. The number of fused-ring (bicyclic) bond motifs is 7. The number of hydrogen-bond acceptors (Lipinski definition) is 3. The molecule has 0 radical (unpaired) electrons. The number of carboxylic acids is 1. The second-order valence-electron chi connectivity index (χ2n) is 16.9. The number of allylic oxidation sites excluding steroid dienone is 2. The van der Waals surface area contributed by atoms with Gasteiger partial charge in [-0.05, 0) is 120 Å². The molecule has 4 saturated carbocycles. The van der Waals surface area contributed by atoms with Gasteiger partial charge in [0.25, 0.3) is 0 Å². The third-order valence-electron chi connectivity index (χ3n) is 14.2. The van der Waals surface area contributed by atoms with E-state index in [1.165, 1.54) is 11.6 Å². The molecule has 0 spiro atoms. The molecule has 5 aliphatic carbocycles. The first-order valence-corrected chi connectivity index (χ1v) is 16.1. The van der Waals surface area contributed by atoms with Gasteiger partial charge in [0.15, 0.2) is 5.78 Å². The zero-order valence-corrected chi connectivity index (χ0v) is 26.6. The summed E-state index contributed by atoms with van der Waals surface area (Å²) in [6, 6.07) is 9.29. The van der Waals surface area contributed by atoms with Crippen LogP contribution in [0.1, 0.15) is 112 Å². The number of hydrogen-bond donors (Lipinski definition) is 1. The summed E-state index contributed by atoms with van der Waals surface area (Å²) in [4.78, 5) is 26.7. The summed E-state index contributed by atoms with van der Waals surface area (Å²) in [6.45, 7) is 15.8. The van der Waals surface area contributed by atoms with Gasteiger partial charge >= 0.3 is 5.97 Å². The number of benzene rings is 1. The van der Waals surface area contributed by atoms with Crippen molar-refractivity contribution in [2.75, 3.05) is 0 Å². The van der Waals surface area contributed by atoms with E-state index in [9.17, 15) is 24.3 Å². The lowest BCUT2D eigenvalue weighted by Gasteiger charge is -2.71. The SMILES string of the molecule is CC1(C)CCC2(C(=O)O)CCC3(C)C(=C(c4cccc(F)c4)CC4C5(C)CC(C#N)C(=O)C(C)(C)C5CCC43C)C2C1. The maximum absolute atomic E-state index is 14.9. The van der Waals surface area contributed by atoms with E-state index in [1.807, 2.05) is 6.07 Å². The Morgan fingerprint density at radius 1 is 0.976 bits per heavy atom. The summed E-state index contributed by atoms with van der Waals surface area (Å²) in [5.41, 5.74) is 1.29. The lowest BCUT2D eigenvalue weighted by molar-refractivity contribution is -0.191. The summed E-state index contributed by atoms with van der Waals surface area (Å²) >= 11 is 0. The Bertz CT molecular complexity index is 1430. The molecule has 8 atom stereocenters. The van der Waals surface area contributed by atoms with Crippen LogP contribution in [0.3, 0.4) is 0 Å². The monoisotopic (exact) mass is 573 g/mol. The molecule has 0 aliphatic heterocycles. The van der Waals surface area contributed by atoms with E-state index in [0.717, 1.165) is 49.7 Å². The molecule has 4 fully saturated rings. The van der Waals surface area contributed by atoms with Crippen LogP contribution < -0.4 is 0 Å². The fraction of sp³-hybridized carbons (Fsp3) is 0.703. The minimum absolute atomic E-state index is 0.0249. The Labute approximate surface area is 251 Å². The summed E-state index contributed by atoms with van der Waals surface area (Å²) in [7, 11) is 0. The number of Topliss-reactive ketones (excluding diaryl/α,β-unsaturated/α-hetero) is 1. The van der Waals surface area contributed by atoms with E-state index in [2.05, 4.69) is 54.5 Å². The van der Waals surface area contributed by atoms with Crippen molar-refractivity contribution < 1.29 is 19.1 Å².